The van der Waals surface area contributed by atoms with Gasteiger partial charge in [0.15, 0.2) is 5.82 Å². The van der Waals surface area contributed by atoms with Crippen molar-refractivity contribution >= 4 is 0 Å². The van der Waals surface area contributed by atoms with Crippen molar-refractivity contribution in [3.05, 3.63) is 71.5 Å². The summed E-state index contributed by atoms with van der Waals surface area (Å²) in [5, 5.41) is 14.5. The molecular formula is C21H27N5O. The molecule has 0 atom stereocenters. The molecule has 2 aromatic carbocycles. The van der Waals surface area contributed by atoms with Crippen molar-refractivity contribution in [1.82, 2.24) is 25.5 Å². The monoisotopic (exact) mass is 365 g/mol. The molecule has 0 unspecified atom stereocenters. The molecule has 1 saturated heterocycles. The van der Waals surface area contributed by atoms with E-state index in [1.807, 2.05) is 6.07 Å². The summed E-state index contributed by atoms with van der Waals surface area (Å²) in [6.45, 7) is 3.80. The average molecular weight is 365 g/mol. The van der Waals surface area contributed by atoms with Gasteiger partial charge in [-0.05, 0) is 49.2 Å². The van der Waals surface area contributed by atoms with Crippen LogP contribution in [-0.4, -0.2) is 45.2 Å². The standard InChI is InChI=1S/C21H25N5O.H2/c1-2-4-17(5-3-1)12-15-27-20-8-6-18(7-9-20)16-26-13-10-19(11-14-26)21-22-24-25-23-21;/h1-9,19H,10-16H2,(H,22,23,24,25);1H. The normalized spacial score (nSPS) is 15.7. The van der Waals surface area contributed by atoms with Gasteiger partial charge in [0.1, 0.15) is 5.75 Å². The van der Waals surface area contributed by atoms with Crippen molar-refractivity contribution in [3.8, 4) is 5.75 Å². The predicted octanol–water partition coefficient (Wildman–Crippen LogP) is 3.45. The maximum Gasteiger partial charge on any atom is 0.177 e. The number of hydrogen-bond donors (Lipinski definition) is 1. The predicted molar refractivity (Wildman–Crippen MR) is 106 cm³/mol. The lowest BCUT2D eigenvalue weighted by atomic mass is 9.96. The molecule has 1 aliphatic heterocycles. The minimum Gasteiger partial charge on any atom is -0.493 e. The van der Waals surface area contributed by atoms with Crippen LogP contribution in [0.4, 0.5) is 0 Å². The molecule has 1 aliphatic rings. The summed E-state index contributed by atoms with van der Waals surface area (Å²) in [6.07, 6.45) is 3.10. The van der Waals surface area contributed by atoms with Crippen LogP contribution in [0.3, 0.4) is 0 Å². The average Bonchev–Trinajstić information content (AvgIpc) is 3.26. The van der Waals surface area contributed by atoms with Gasteiger partial charge >= 0.3 is 0 Å². The van der Waals surface area contributed by atoms with Crippen molar-refractivity contribution in [3.63, 3.8) is 0 Å². The van der Waals surface area contributed by atoms with E-state index in [0.717, 1.165) is 50.5 Å². The highest BCUT2D eigenvalue weighted by Crippen LogP contribution is 2.25. The molecule has 1 aromatic heterocycles. The minimum atomic E-state index is 0. The van der Waals surface area contributed by atoms with Crippen LogP contribution in [-0.2, 0) is 13.0 Å². The fourth-order valence-electron chi connectivity index (χ4n) is 3.57. The minimum absolute atomic E-state index is 0. The number of nitrogens with one attached hydrogen (secondary N) is 1. The van der Waals surface area contributed by atoms with Gasteiger partial charge in [-0.3, -0.25) is 4.90 Å². The Balaban J connectivity index is 0.00000225. The number of ether oxygens (including phenoxy) is 1. The number of benzene rings is 2. The highest BCUT2D eigenvalue weighted by molar-refractivity contribution is 5.27. The molecule has 0 radical (unpaired) electrons. The van der Waals surface area contributed by atoms with E-state index < -0.39 is 0 Å². The topological polar surface area (TPSA) is 66.9 Å². The van der Waals surface area contributed by atoms with Crippen molar-refractivity contribution < 1.29 is 6.16 Å². The fraction of sp³-hybridized carbons (Fsp3) is 0.381. The van der Waals surface area contributed by atoms with Crippen LogP contribution in [0.2, 0.25) is 0 Å². The van der Waals surface area contributed by atoms with Gasteiger partial charge in [-0.15, -0.1) is 10.2 Å². The number of hydrogen-bond acceptors (Lipinski definition) is 5. The number of nitrogens with zero attached hydrogens (tertiary/aromatic N) is 4. The Bertz CT molecular complexity index is 803. The summed E-state index contributed by atoms with van der Waals surface area (Å²) in [7, 11) is 0. The number of tetrazole rings is 1. The van der Waals surface area contributed by atoms with Crippen molar-refractivity contribution in [2.45, 2.75) is 31.7 Å². The summed E-state index contributed by atoms with van der Waals surface area (Å²) in [6, 6.07) is 18.9. The van der Waals surface area contributed by atoms with Crippen LogP contribution in [0.25, 0.3) is 0 Å². The molecule has 3 aromatic rings. The third-order valence-electron chi connectivity index (χ3n) is 5.15. The maximum absolute atomic E-state index is 5.87. The zero-order valence-electron chi connectivity index (χ0n) is 15.4. The first-order chi connectivity index (χ1) is 13.4. The largest absolute Gasteiger partial charge is 0.493 e. The summed E-state index contributed by atoms with van der Waals surface area (Å²) in [5.41, 5.74) is 2.63. The fourth-order valence-corrected chi connectivity index (χ4v) is 3.57. The molecule has 6 nitrogen and oxygen atoms in total. The van der Waals surface area contributed by atoms with E-state index in [2.05, 4.69) is 74.1 Å². The lowest BCUT2D eigenvalue weighted by Crippen LogP contribution is -2.32. The lowest BCUT2D eigenvalue weighted by Gasteiger charge is -2.30. The van der Waals surface area contributed by atoms with Crippen LogP contribution in [0.5, 0.6) is 5.75 Å². The van der Waals surface area contributed by atoms with E-state index in [4.69, 9.17) is 4.74 Å². The molecule has 1 fully saturated rings. The summed E-state index contributed by atoms with van der Waals surface area (Å²) in [4.78, 5) is 2.49. The molecule has 0 spiro atoms. The zero-order valence-corrected chi connectivity index (χ0v) is 15.4. The zero-order chi connectivity index (χ0) is 18.3. The molecule has 0 aliphatic carbocycles. The number of rotatable bonds is 7. The van der Waals surface area contributed by atoms with Gasteiger partial charge in [0.2, 0.25) is 0 Å². The molecular weight excluding hydrogens is 338 g/mol. The Labute approximate surface area is 161 Å². The number of likely N-dealkylation sites (tertiary alicyclic amines) is 1. The third kappa shape index (κ3) is 4.92. The molecule has 0 bridgehead atoms. The molecule has 2 heterocycles. The van der Waals surface area contributed by atoms with Gasteiger partial charge in [-0.2, -0.15) is 5.21 Å². The Morgan fingerprint density at radius 1 is 1.00 bits per heavy atom. The van der Waals surface area contributed by atoms with Gasteiger partial charge in [-0.1, -0.05) is 47.7 Å². The number of piperidine rings is 1. The van der Waals surface area contributed by atoms with Gasteiger partial charge < -0.3 is 4.74 Å². The Kier molecular flexibility index (Phi) is 5.74. The Morgan fingerprint density at radius 2 is 1.78 bits per heavy atom. The van der Waals surface area contributed by atoms with Crippen LogP contribution in [0.1, 0.15) is 37.1 Å². The first-order valence-electron chi connectivity index (χ1n) is 9.58. The molecule has 1 N–H and O–H groups in total. The summed E-state index contributed by atoms with van der Waals surface area (Å²) >= 11 is 0. The van der Waals surface area contributed by atoms with Gasteiger partial charge in [-0.25, -0.2) is 0 Å². The quantitative estimate of drug-likeness (QED) is 0.695. The molecule has 0 amide bonds. The van der Waals surface area contributed by atoms with E-state index in [1.165, 1.54) is 11.1 Å². The molecule has 0 saturated carbocycles. The molecule has 142 valence electrons. The van der Waals surface area contributed by atoms with Crippen molar-refractivity contribution in [2.24, 2.45) is 0 Å². The van der Waals surface area contributed by atoms with E-state index in [0.29, 0.717) is 12.5 Å². The highest BCUT2D eigenvalue weighted by atomic mass is 16.5. The highest BCUT2D eigenvalue weighted by Gasteiger charge is 2.23. The van der Waals surface area contributed by atoms with Crippen LogP contribution in [0.15, 0.2) is 54.6 Å². The van der Waals surface area contributed by atoms with E-state index >= 15 is 0 Å². The van der Waals surface area contributed by atoms with Crippen molar-refractivity contribution in [2.75, 3.05) is 19.7 Å². The molecule has 6 heteroatoms. The SMILES string of the molecule is [HH].c1ccc(CCOc2ccc(CN3CCC(c4nn[nH]n4)CC3)cc2)cc1. The second-order valence-electron chi connectivity index (χ2n) is 7.05. The molecule has 4 rings (SSSR count). The van der Waals surface area contributed by atoms with E-state index in [-0.39, 0.29) is 1.43 Å². The van der Waals surface area contributed by atoms with Gasteiger partial charge in [0.25, 0.3) is 0 Å². The molecule has 27 heavy (non-hydrogen) atoms. The number of aromatic nitrogens is 4. The van der Waals surface area contributed by atoms with Gasteiger partial charge in [0, 0.05) is 20.3 Å². The first kappa shape index (κ1) is 17.7. The summed E-state index contributed by atoms with van der Waals surface area (Å²) < 4.78 is 5.87. The van der Waals surface area contributed by atoms with Crippen LogP contribution >= 0.6 is 0 Å². The second kappa shape index (κ2) is 8.77. The Morgan fingerprint density at radius 3 is 2.48 bits per heavy atom. The van der Waals surface area contributed by atoms with E-state index in [9.17, 15) is 0 Å². The number of aromatic amines is 1. The smallest absolute Gasteiger partial charge is 0.177 e. The van der Waals surface area contributed by atoms with Crippen LogP contribution in [0, 0.1) is 0 Å². The van der Waals surface area contributed by atoms with Crippen LogP contribution < -0.4 is 4.74 Å². The van der Waals surface area contributed by atoms with Gasteiger partial charge in [0.05, 0.1) is 6.61 Å². The van der Waals surface area contributed by atoms with E-state index in [1.54, 1.807) is 0 Å². The summed E-state index contributed by atoms with van der Waals surface area (Å²) in [5.74, 6) is 2.22. The van der Waals surface area contributed by atoms with Crippen molar-refractivity contribution in [1.29, 1.82) is 0 Å². The first-order valence-corrected chi connectivity index (χ1v) is 9.58. The number of H-pyrrole nitrogens is 1. The Hall–Kier alpha value is -2.73. The maximum atomic E-state index is 5.87. The lowest BCUT2D eigenvalue weighted by molar-refractivity contribution is 0.201. The third-order valence-corrected chi connectivity index (χ3v) is 5.15. The second-order valence-corrected chi connectivity index (χ2v) is 7.05.